The van der Waals surface area contributed by atoms with Crippen molar-refractivity contribution in [1.82, 2.24) is 5.16 Å². The normalized spacial score (nSPS) is 10.7. The topological polar surface area (TPSA) is 52.0 Å². The largest absolute Gasteiger partial charge is 0.380 e. The highest BCUT2D eigenvalue weighted by Crippen LogP contribution is 2.37. The molecule has 2 N–H and O–H groups in total. The highest BCUT2D eigenvalue weighted by molar-refractivity contribution is 6.30. The van der Waals surface area contributed by atoms with Gasteiger partial charge in [0.2, 0.25) is 0 Å². The van der Waals surface area contributed by atoms with E-state index in [0.29, 0.717) is 16.6 Å². The number of nitrogens with two attached hydrogens (primary N) is 1. The van der Waals surface area contributed by atoms with Gasteiger partial charge in [-0.1, -0.05) is 46.6 Å². The number of anilines is 1. The van der Waals surface area contributed by atoms with Gasteiger partial charge in [-0.3, -0.25) is 0 Å². The van der Waals surface area contributed by atoms with Crippen LogP contribution in [-0.2, 0) is 0 Å². The summed E-state index contributed by atoms with van der Waals surface area (Å²) >= 11 is 5.91. The molecule has 0 saturated heterocycles. The summed E-state index contributed by atoms with van der Waals surface area (Å²) in [5.41, 5.74) is 9.83. The molecule has 0 fully saturated rings. The van der Waals surface area contributed by atoms with Crippen molar-refractivity contribution in [3.05, 3.63) is 59.1 Å². The standard InChI is InChI=1S/C16H13ClN2O/c1-10-3-2-4-12(9-10)14-15(20-19-16(14)18)11-5-7-13(17)8-6-11/h2-9H,1H3,(H2,18,19). The summed E-state index contributed by atoms with van der Waals surface area (Å²) < 4.78 is 5.40. The summed E-state index contributed by atoms with van der Waals surface area (Å²) in [5, 5.41) is 4.57. The number of nitrogen functional groups attached to an aromatic ring is 1. The maximum absolute atomic E-state index is 5.96. The average Bonchev–Trinajstić information content (AvgIpc) is 2.81. The number of nitrogens with zero attached hydrogens (tertiary/aromatic N) is 1. The molecule has 0 spiro atoms. The lowest BCUT2D eigenvalue weighted by Gasteiger charge is -2.04. The Morgan fingerprint density at radius 1 is 1.05 bits per heavy atom. The van der Waals surface area contributed by atoms with Gasteiger partial charge in [-0.05, 0) is 36.8 Å². The van der Waals surface area contributed by atoms with Gasteiger partial charge < -0.3 is 10.3 Å². The average molecular weight is 285 g/mol. The van der Waals surface area contributed by atoms with Crippen LogP contribution in [0.4, 0.5) is 5.82 Å². The molecule has 3 aromatic rings. The molecular weight excluding hydrogens is 272 g/mol. The first-order chi connectivity index (χ1) is 9.65. The molecule has 1 heterocycles. The first kappa shape index (κ1) is 12.8. The van der Waals surface area contributed by atoms with Crippen LogP contribution in [0.15, 0.2) is 53.1 Å². The van der Waals surface area contributed by atoms with Crippen LogP contribution in [-0.4, -0.2) is 5.16 Å². The van der Waals surface area contributed by atoms with Gasteiger partial charge in [-0.15, -0.1) is 0 Å². The smallest absolute Gasteiger partial charge is 0.176 e. The van der Waals surface area contributed by atoms with Gasteiger partial charge in [-0.2, -0.15) is 0 Å². The van der Waals surface area contributed by atoms with Crippen LogP contribution < -0.4 is 5.73 Å². The van der Waals surface area contributed by atoms with E-state index in [1.807, 2.05) is 49.4 Å². The van der Waals surface area contributed by atoms with E-state index in [1.54, 1.807) is 0 Å². The number of hydrogen-bond donors (Lipinski definition) is 1. The summed E-state index contributed by atoms with van der Waals surface area (Å²) in [6.07, 6.45) is 0. The molecule has 4 heteroatoms. The van der Waals surface area contributed by atoms with Crippen LogP contribution in [0.5, 0.6) is 0 Å². The molecule has 2 aromatic carbocycles. The lowest BCUT2D eigenvalue weighted by molar-refractivity contribution is 0.436. The van der Waals surface area contributed by atoms with Crippen molar-refractivity contribution in [1.29, 1.82) is 0 Å². The van der Waals surface area contributed by atoms with Crippen LogP contribution in [0.3, 0.4) is 0 Å². The van der Waals surface area contributed by atoms with Crippen molar-refractivity contribution in [2.75, 3.05) is 5.73 Å². The first-order valence-electron chi connectivity index (χ1n) is 6.23. The van der Waals surface area contributed by atoms with Gasteiger partial charge in [0.05, 0.1) is 5.56 Å². The van der Waals surface area contributed by atoms with E-state index in [2.05, 4.69) is 11.2 Å². The minimum Gasteiger partial charge on any atom is -0.380 e. The van der Waals surface area contributed by atoms with Crippen molar-refractivity contribution in [2.24, 2.45) is 0 Å². The minimum atomic E-state index is 0.389. The van der Waals surface area contributed by atoms with Crippen LogP contribution in [0.25, 0.3) is 22.5 Å². The first-order valence-corrected chi connectivity index (χ1v) is 6.61. The Balaban J connectivity index is 2.17. The van der Waals surface area contributed by atoms with Gasteiger partial charge in [0.25, 0.3) is 0 Å². The van der Waals surface area contributed by atoms with Crippen molar-refractivity contribution in [3.63, 3.8) is 0 Å². The van der Waals surface area contributed by atoms with Gasteiger partial charge in [0.1, 0.15) is 0 Å². The molecule has 0 aliphatic rings. The second-order valence-corrected chi connectivity index (χ2v) is 5.08. The molecule has 0 bridgehead atoms. The Labute approximate surface area is 122 Å². The van der Waals surface area contributed by atoms with E-state index in [-0.39, 0.29) is 0 Å². The molecule has 0 atom stereocenters. The Morgan fingerprint density at radius 3 is 2.50 bits per heavy atom. The van der Waals surface area contributed by atoms with Crippen LogP contribution in [0.2, 0.25) is 5.02 Å². The van der Waals surface area contributed by atoms with Gasteiger partial charge in [0.15, 0.2) is 11.6 Å². The number of benzene rings is 2. The molecule has 0 unspecified atom stereocenters. The summed E-state index contributed by atoms with van der Waals surface area (Å²) in [6.45, 7) is 2.04. The second kappa shape index (κ2) is 5.02. The summed E-state index contributed by atoms with van der Waals surface area (Å²) in [5.74, 6) is 1.05. The Hall–Kier alpha value is -2.26. The van der Waals surface area contributed by atoms with E-state index >= 15 is 0 Å². The monoisotopic (exact) mass is 284 g/mol. The lowest BCUT2D eigenvalue weighted by Crippen LogP contribution is -1.89. The molecular formula is C16H13ClN2O. The fourth-order valence-corrected chi connectivity index (χ4v) is 2.31. The molecule has 3 nitrogen and oxygen atoms in total. The molecule has 0 aliphatic carbocycles. The zero-order valence-corrected chi connectivity index (χ0v) is 11.7. The third-order valence-corrected chi connectivity index (χ3v) is 3.38. The molecule has 0 aliphatic heterocycles. The summed E-state index contributed by atoms with van der Waals surface area (Å²) in [4.78, 5) is 0. The van der Waals surface area contributed by atoms with E-state index in [0.717, 1.165) is 22.3 Å². The third-order valence-electron chi connectivity index (χ3n) is 3.13. The highest BCUT2D eigenvalue weighted by Gasteiger charge is 2.17. The summed E-state index contributed by atoms with van der Waals surface area (Å²) in [6, 6.07) is 15.5. The number of halogens is 1. The van der Waals surface area contributed by atoms with Crippen LogP contribution >= 0.6 is 11.6 Å². The Kier molecular flexibility index (Phi) is 3.20. The Bertz CT molecular complexity index is 747. The zero-order valence-electron chi connectivity index (χ0n) is 10.9. The summed E-state index contributed by atoms with van der Waals surface area (Å²) in [7, 11) is 0. The fraction of sp³-hybridized carbons (Fsp3) is 0.0625. The number of aromatic nitrogens is 1. The van der Waals surface area contributed by atoms with Gasteiger partial charge in [-0.25, -0.2) is 0 Å². The molecule has 0 saturated carbocycles. The van der Waals surface area contributed by atoms with E-state index in [9.17, 15) is 0 Å². The Morgan fingerprint density at radius 2 is 1.80 bits per heavy atom. The lowest BCUT2D eigenvalue weighted by atomic mass is 10.0. The quantitative estimate of drug-likeness (QED) is 0.751. The molecule has 0 radical (unpaired) electrons. The van der Waals surface area contributed by atoms with Crippen LogP contribution in [0.1, 0.15) is 5.56 Å². The SMILES string of the molecule is Cc1cccc(-c2c(N)noc2-c2ccc(Cl)cc2)c1. The van der Waals surface area contributed by atoms with Crippen LogP contribution in [0, 0.1) is 6.92 Å². The van der Waals surface area contributed by atoms with Gasteiger partial charge in [0, 0.05) is 10.6 Å². The van der Waals surface area contributed by atoms with Crippen molar-refractivity contribution >= 4 is 17.4 Å². The van der Waals surface area contributed by atoms with E-state index in [4.69, 9.17) is 21.9 Å². The van der Waals surface area contributed by atoms with Crippen molar-refractivity contribution in [3.8, 4) is 22.5 Å². The van der Waals surface area contributed by atoms with E-state index < -0.39 is 0 Å². The number of aryl methyl sites for hydroxylation is 1. The highest BCUT2D eigenvalue weighted by atomic mass is 35.5. The fourth-order valence-electron chi connectivity index (χ4n) is 2.18. The van der Waals surface area contributed by atoms with E-state index in [1.165, 1.54) is 0 Å². The number of rotatable bonds is 2. The van der Waals surface area contributed by atoms with Crippen molar-refractivity contribution < 1.29 is 4.52 Å². The molecule has 3 rings (SSSR count). The van der Waals surface area contributed by atoms with Gasteiger partial charge >= 0.3 is 0 Å². The molecule has 0 amide bonds. The maximum atomic E-state index is 5.96. The van der Waals surface area contributed by atoms with Crippen molar-refractivity contribution in [2.45, 2.75) is 6.92 Å². The molecule has 100 valence electrons. The predicted octanol–water partition coefficient (Wildman–Crippen LogP) is 4.55. The third kappa shape index (κ3) is 2.28. The number of hydrogen-bond acceptors (Lipinski definition) is 3. The second-order valence-electron chi connectivity index (χ2n) is 4.65. The zero-order chi connectivity index (χ0) is 14.1. The predicted molar refractivity (Wildman–Crippen MR) is 81.5 cm³/mol. The minimum absolute atomic E-state index is 0.389. The molecule has 1 aromatic heterocycles. The maximum Gasteiger partial charge on any atom is 0.176 e. The molecule has 20 heavy (non-hydrogen) atoms.